The predicted octanol–water partition coefficient (Wildman–Crippen LogP) is 1.22. The fourth-order valence-electron chi connectivity index (χ4n) is 3.40. The Bertz CT molecular complexity index is 845. The highest BCUT2D eigenvalue weighted by molar-refractivity contribution is 5.89. The third kappa shape index (κ3) is 19.5. The molecule has 1 aliphatic heterocycles. The monoisotopic (exact) mass is 611 g/mol. The summed E-state index contributed by atoms with van der Waals surface area (Å²) in [6, 6.07) is -1.15. The molecule has 240 valence electrons. The van der Waals surface area contributed by atoms with Gasteiger partial charge in [0.25, 0.3) is 0 Å². The van der Waals surface area contributed by atoms with E-state index >= 15 is 0 Å². The third-order valence-electron chi connectivity index (χ3n) is 5.17. The molecule has 0 saturated carbocycles. The number of hydrogen-bond acceptors (Lipinski definition) is 7. The number of primary amides is 1. The smallest absolute Gasteiger partial charge is 0.475 e. The van der Waals surface area contributed by atoms with E-state index in [1.807, 2.05) is 27.7 Å². The Morgan fingerprint density at radius 2 is 1.34 bits per heavy atom. The number of amides is 3. The molecule has 0 aromatic carbocycles. The summed E-state index contributed by atoms with van der Waals surface area (Å²) in [6.07, 6.45) is -7.29. The number of nitrogens with one attached hydrogen (secondary N) is 2. The number of likely N-dealkylation sites (tertiary alicyclic amines) is 1. The molecule has 0 aliphatic carbocycles. The minimum Gasteiger partial charge on any atom is -0.475 e. The molecule has 0 aromatic heterocycles. The number of hydrogen-bond donors (Lipinski definition) is 6. The summed E-state index contributed by atoms with van der Waals surface area (Å²) in [5, 5.41) is 20.2. The third-order valence-corrected chi connectivity index (χ3v) is 5.17. The molecule has 1 aliphatic rings. The molecule has 1 saturated heterocycles. The van der Waals surface area contributed by atoms with E-state index in [0.29, 0.717) is 31.8 Å². The summed E-state index contributed by atoms with van der Waals surface area (Å²) < 4.78 is 63.5. The van der Waals surface area contributed by atoms with Gasteiger partial charge in [0.2, 0.25) is 17.7 Å². The number of aliphatic carboxylic acids is 2. The van der Waals surface area contributed by atoms with E-state index in [0.717, 1.165) is 12.8 Å². The van der Waals surface area contributed by atoms with Gasteiger partial charge in [-0.25, -0.2) is 9.59 Å². The van der Waals surface area contributed by atoms with Gasteiger partial charge in [-0.1, -0.05) is 27.7 Å². The van der Waals surface area contributed by atoms with Crippen LogP contribution in [0.3, 0.4) is 0 Å². The van der Waals surface area contributed by atoms with Gasteiger partial charge in [0.1, 0.15) is 6.04 Å². The maximum Gasteiger partial charge on any atom is 0.490 e. The zero-order valence-electron chi connectivity index (χ0n) is 23.1. The standard InChI is InChI=1S/C19H37N5O3.2C2HF3O2/c1-12(2)8-15(20)18(26)23-16(9-13(3)4)19(27)24-7-5-6-14(11-24)22-10-17(21)25;2*3-2(4,5)1(6)7/h12-16,22H,5-11,20H2,1-4H3,(H2,21,25)(H,23,26);2*(H,6,7)/t14-,15+,16+;;/m1../s1. The molecule has 18 heteroatoms. The van der Waals surface area contributed by atoms with Crippen molar-refractivity contribution >= 4 is 29.7 Å². The molecule has 0 spiro atoms. The molecule has 0 unspecified atom stereocenters. The normalized spacial score (nSPS) is 16.9. The number of carbonyl (C=O) groups excluding carboxylic acids is 3. The number of alkyl halides is 6. The van der Waals surface area contributed by atoms with Crippen LogP contribution >= 0.6 is 0 Å². The number of carboxylic acid groups (broad SMARTS) is 2. The first-order valence-corrected chi connectivity index (χ1v) is 12.5. The van der Waals surface area contributed by atoms with Crippen molar-refractivity contribution in [1.29, 1.82) is 0 Å². The Balaban J connectivity index is 0. The van der Waals surface area contributed by atoms with E-state index in [4.69, 9.17) is 31.3 Å². The first kappa shape index (κ1) is 40.0. The lowest BCUT2D eigenvalue weighted by molar-refractivity contribution is -0.193. The lowest BCUT2D eigenvalue weighted by atomic mass is 9.98. The minimum absolute atomic E-state index is 0.0359. The van der Waals surface area contributed by atoms with E-state index in [-0.39, 0.29) is 30.3 Å². The second-order valence-electron chi connectivity index (χ2n) is 10.0. The van der Waals surface area contributed by atoms with Crippen LogP contribution in [-0.4, -0.2) is 94.9 Å². The summed E-state index contributed by atoms with van der Waals surface area (Å²) in [6.45, 7) is 9.32. The van der Waals surface area contributed by atoms with Crippen molar-refractivity contribution in [2.75, 3.05) is 19.6 Å². The Hall–Kier alpha value is -3.15. The fraction of sp³-hybridized carbons (Fsp3) is 0.783. The molecule has 1 heterocycles. The van der Waals surface area contributed by atoms with Crippen molar-refractivity contribution < 1.29 is 60.5 Å². The number of piperidine rings is 1. The Labute approximate surface area is 233 Å². The number of nitrogens with zero attached hydrogens (tertiary/aromatic N) is 1. The zero-order chi connectivity index (χ0) is 32.7. The van der Waals surface area contributed by atoms with Crippen LogP contribution in [0.2, 0.25) is 0 Å². The van der Waals surface area contributed by atoms with Crippen LogP contribution in [0.1, 0.15) is 53.4 Å². The first-order valence-electron chi connectivity index (χ1n) is 12.5. The predicted molar refractivity (Wildman–Crippen MR) is 133 cm³/mol. The molecule has 0 bridgehead atoms. The highest BCUT2D eigenvalue weighted by Crippen LogP contribution is 2.16. The van der Waals surface area contributed by atoms with E-state index in [1.54, 1.807) is 4.90 Å². The van der Waals surface area contributed by atoms with Gasteiger partial charge in [-0.2, -0.15) is 26.3 Å². The summed E-state index contributed by atoms with van der Waals surface area (Å²) in [4.78, 5) is 56.0. The minimum atomic E-state index is -5.08. The molecule has 8 N–H and O–H groups in total. The molecule has 41 heavy (non-hydrogen) atoms. The molecule has 1 rings (SSSR count). The molecule has 3 atom stereocenters. The van der Waals surface area contributed by atoms with Gasteiger partial charge in [-0.15, -0.1) is 0 Å². The summed E-state index contributed by atoms with van der Waals surface area (Å²) in [7, 11) is 0. The van der Waals surface area contributed by atoms with Gasteiger partial charge in [-0.05, 0) is 37.5 Å². The molecule has 0 radical (unpaired) electrons. The van der Waals surface area contributed by atoms with Crippen LogP contribution in [0, 0.1) is 11.8 Å². The highest BCUT2D eigenvalue weighted by atomic mass is 19.4. The van der Waals surface area contributed by atoms with Crippen LogP contribution in [0.15, 0.2) is 0 Å². The Morgan fingerprint density at radius 1 is 0.902 bits per heavy atom. The van der Waals surface area contributed by atoms with Gasteiger partial charge in [0.05, 0.1) is 12.6 Å². The van der Waals surface area contributed by atoms with E-state index < -0.39 is 42.3 Å². The quantitative estimate of drug-likeness (QED) is 0.196. The number of carboxylic acids is 2. The summed E-state index contributed by atoms with van der Waals surface area (Å²) in [5.74, 6) is -5.72. The highest BCUT2D eigenvalue weighted by Gasteiger charge is 2.39. The van der Waals surface area contributed by atoms with Gasteiger partial charge < -0.3 is 37.2 Å². The number of halogens is 6. The zero-order valence-corrected chi connectivity index (χ0v) is 23.1. The fourth-order valence-corrected chi connectivity index (χ4v) is 3.40. The van der Waals surface area contributed by atoms with E-state index in [1.165, 1.54) is 0 Å². The van der Waals surface area contributed by atoms with E-state index in [9.17, 15) is 40.7 Å². The van der Waals surface area contributed by atoms with Crippen LogP contribution in [0.5, 0.6) is 0 Å². The molecular weight excluding hydrogens is 572 g/mol. The topological polar surface area (TPSA) is 205 Å². The van der Waals surface area contributed by atoms with E-state index in [2.05, 4.69) is 10.6 Å². The van der Waals surface area contributed by atoms with Crippen molar-refractivity contribution in [3.63, 3.8) is 0 Å². The van der Waals surface area contributed by atoms with Crippen LogP contribution in [-0.2, 0) is 24.0 Å². The Kier molecular flexibility index (Phi) is 17.9. The largest absolute Gasteiger partial charge is 0.490 e. The first-order chi connectivity index (χ1) is 18.5. The van der Waals surface area contributed by atoms with Gasteiger partial charge in [-0.3, -0.25) is 14.4 Å². The van der Waals surface area contributed by atoms with Crippen LogP contribution < -0.4 is 22.1 Å². The maximum absolute atomic E-state index is 13.0. The summed E-state index contributed by atoms with van der Waals surface area (Å²) >= 11 is 0. The molecule has 1 fully saturated rings. The second kappa shape index (κ2) is 18.3. The van der Waals surface area contributed by atoms with Crippen molar-refractivity contribution in [3.8, 4) is 0 Å². The van der Waals surface area contributed by atoms with Crippen LogP contribution in [0.25, 0.3) is 0 Å². The van der Waals surface area contributed by atoms with Gasteiger partial charge in [0, 0.05) is 19.1 Å². The maximum atomic E-state index is 13.0. The molecule has 3 amide bonds. The Morgan fingerprint density at radius 3 is 1.71 bits per heavy atom. The van der Waals surface area contributed by atoms with Crippen molar-refractivity contribution in [2.45, 2.75) is 83.9 Å². The number of carbonyl (C=O) groups is 5. The van der Waals surface area contributed by atoms with Crippen molar-refractivity contribution in [1.82, 2.24) is 15.5 Å². The lowest BCUT2D eigenvalue weighted by Crippen LogP contribution is -2.57. The molecular formula is C23H39F6N5O7. The average molecular weight is 612 g/mol. The molecule has 12 nitrogen and oxygen atoms in total. The average Bonchev–Trinajstić information content (AvgIpc) is 2.80. The van der Waals surface area contributed by atoms with Gasteiger partial charge in [0.15, 0.2) is 0 Å². The lowest BCUT2D eigenvalue weighted by Gasteiger charge is -2.36. The van der Waals surface area contributed by atoms with Crippen molar-refractivity contribution in [2.24, 2.45) is 23.3 Å². The second-order valence-corrected chi connectivity index (χ2v) is 10.0. The SMILES string of the molecule is CC(C)C[C@H](NC(=O)[C@@H](N)CC(C)C)C(=O)N1CCC[C@@H](NCC(N)=O)C1.O=C(O)C(F)(F)F.O=C(O)C(F)(F)F. The van der Waals surface area contributed by atoms with Gasteiger partial charge >= 0.3 is 24.3 Å². The number of nitrogens with two attached hydrogens (primary N) is 2. The summed E-state index contributed by atoms with van der Waals surface area (Å²) in [5.41, 5.74) is 11.2. The molecule has 0 aromatic rings. The van der Waals surface area contributed by atoms with Crippen molar-refractivity contribution in [3.05, 3.63) is 0 Å². The number of rotatable bonds is 10. The van der Waals surface area contributed by atoms with Crippen LogP contribution in [0.4, 0.5) is 26.3 Å².